The fourth-order valence-corrected chi connectivity index (χ4v) is 4.43. The minimum absolute atomic E-state index is 0.0582. The molecule has 2 aliphatic heterocycles. The Morgan fingerprint density at radius 1 is 1.28 bits per heavy atom. The Kier molecular flexibility index (Phi) is 4.78. The lowest BCUT2D eigenvalue weighted by Gasteiger charge is -2.30. The first kappa shape index (κ1) is 19.4. The number of amides is 2. The van der Waals surface area contributed by atoms with E-state index in [0.717, 1.165) is 5.56 Å². The van der Waals surface area contributed by atoms with E-state index in [2.05, 4.69) is 10.3 Å². The third-order valence-corrected chi connectivity index (χ3v) is 5.83. The number of likely N-dealkylation sites (tertiary alicyclic amines) is 1. The standard InChI is InChI=1S/C21H20ClN3O4/c1-12(26)25-15(9-21(2)10-18(27)24-20(21)25)14-5-3-4-6-16(14)29-19(28)13-7-8-17(22)23-11-13/h3-8,11,15,20H,9-10H2,1-2H3,(H,24,27)/t15-,20+,21-/m1/s1. The predicted octanol–water partition coefficient (Wildman–Crippen LogP) is 3.10. The second-order valence-electron chi connectivity index (χ2n) is 7.74. The van der Waals surface area contributed by atoms with E-state index in [1.807, 2.05) is 19.1 Å². The van der Waals surface area contributed by atoms with Crippen LogP contribution in [0.4, 0.5) is 0 Å². The molecular weight excluding hydrogens is 394 g/mol. The summed E-state index contributed by atoms with van der Waals surface area (Å²) in [7, 11) is 0. The van der Waals surface area contributed by atoms with Gasteiger partial charge in [-0.1, -0.05) is 36.7 Å². The second kappa shape index (κ2) is 7.15. The molecule has 0 radical (unpaired) electrons. The molecule has 1 aromatic heterocycles. The maximum Gasteiger partial charge on any atom is 0.345 e. The number of para-hydroxylation sites is 1. The molecule has 3 atom stereocenters. The molecular formula is C21H20ClN3O4. The van der Waals surface area contributed by atoms with Crippen molar-refractivity contribution in [1.82, 2.24) is 15.2 Å². The van der Waals surface area contributed by atoms with Crippen LogP contribution < -0.4 is 10.1 Å². The number of fused-ring (bicyclic) bond motifs is 1. The molecule has 7 nitrogen and oxygen atoms in total. The normalized spacial score (nSPS) is 25.5. The quantitative estimate of drug-likeness (QED) is 0.474. The van der Waals surface area contributed by atoms with Crippen LogP contribution in [0.3, 0.4) is 0 Å². The monoisotopic (exact) mass is 413 g/mol. The molecule has 0 aliphatic carbocycles. The van der Waals surface area contributed by atoms with E-state index in [-0.39, 0.29) is 40.2 Å². The minimum Gasteiger partial charge on any atom is -0.423 e. The zero-order valence-corrected chi connectivity index (χ0v) is 16.8. The molecule has 0 saturated carbocycles. The molecule has 3 heterocycles. The van der Waals surface area contributed by atoms with Gasteiger partial charge in [0.25, 0.3) is 0 Å². The number of rotatable bonds is 3. The van der Waals surface area contributed by atoms with Gasteiger partial charge in [0.2, 0.25) is 11.8 Å². The SMILES string of the molecule is CC(=O)N1[C@@H](c2ccccc2OC(=O)c2ccc(Cl)nc2)C[C@]2(C)CC(=O)N[C@@H]12. The Balaban J connectivity index is 1.66. The van der Waals surface area contributed by atoms with Crippen molar-refractivity contribution in [2.24, 2.45) is 5.41 Å². The molecule has 0 bridgehead atoms. The third-order valence-electron chi connectivity index (χ3n) is 5.60. The molecule has 4 rings (SSSR count). The summed E-state index contributed by atoms with van der Waals surface area (Å²) < 4.78 is 5.64. The van der Waals surface area contributed by atoms with Gasteiger partial charge in [-0.25, -0.2) is 9.78 Å². The lowest BCUT2D eigenvalue weighted by molar-refractivity contribution is -0.133. The highest BCUT2D eigenvalue weighted by Crippen LogP contribution is 2.52. The molecule has 2 aliphatic rings. The molecule has 150 valence electrons. The summed E-state index contributed by atoms with van der Waals surface area (Å²) in [5.74, 6) is -0.390. The van der Waals surface area contributed by atoms with Crippen LogP contribution in [0, 0.1) is 5.41 Å². The van der Waals surface area contributed by atoms with Crippen molar-refractivity contribution in [2.75, 3.05) is 0 Å². The van der Waals surface area contributed by atoms with Crippen LogP contribution in [0.15, 0.2) is 42.6 Å². The zero-order valence-electron chi connectivity index (χ0n) is 16.0. The Morgan fingerprint density at radius 3 is 2.72 bits per heavy atom. The van der Waals surface area contributed by atoms with E-state index in [4.69, 9.17) is 16.3 Å². The van der Waals surface area contributed by atoms with Gasteiger partial charge in [0, 0.05) is 30.5 Å². The van der Waals surface area contributed by atoms with Crippen LogP contribution in [-0.2, 0) is 9.59 Å². The molecule has 0 unspecified atom stereocenters. The number of carbonyl (C=O) groups is 3. The van der Waals surface area contributed by atoms with Crippen LogP contribution in [0.2, 0.25) is 5.15 Å². The van der Waals surface area contributed by atoms with Gasteiger partial charge >= 0.3 is 5.97 Å². The van der Waals surface area contributed by atoms with Crippen molar-refractivity contribution < 1.29 is 19.1 Å². The Bertz CT molecular complexity index is 994. The topological polar surface area (TPSA) is 88.6 Å². The number of carbonyl (C=O) groups excluding carboxylic acids is 3. The summed E-state index contributed by atoms with van der Waals surface area (Å²) in [5.41, 5.74) is 0.628. The molecule has 1 N–H and O–H groups in total. The number of halogens is 1. The summed E-state index contributed by atoms with van der Waals surface area (Å²) in [4.78, 5) is 42.5. The van der Waals surface area contributed by atoms with Crippen LogP contribution in [0.25, 0.3) is 0 Å². The highest BCUT2D eigenvalue weighted by Gasteiger charge is 2.56. The fourth-order valence-electron chi connectivity index (χ4n) is 4.32. The van der Waals surface area contributed by atoms with Gasteiger partial charge in [-0.15, -0.1) is 0 Å². The van der Waals surface area contributed by atoms with Crippen LogP contribution in [0.1, 0.15) is 48.7 Å². The van der Waals surface area contributed by atoms with Gasteiger partial charge in [0.05, 0.1) is 11.6 Å². The Labute approximate surface area is 173 Å². The number of ether oxygens (including phenoxy) is 1. The largest absolute Gasteiger partial charge is 0.423 e. The number of hydrogen-bond donors (Lipinski definition) is 1. The fraction of sp³-hybridized carbons (Fsp3) is 0.333. The van der Waals surface area contributed by atoms with Crippen LogP contribution >= 0.6 is 11.6 Å². The van der Waals surface area contributed by atoms with E-state index in [9.17, 15) is 14.4 Å². The number of nitrogens with one attached hydrogen (secondary N) is 1. The molecule has 29 heavy (non-hydrogen) atoms. The molecule has 2 saturated heterocycles. The highest BCUT2D eigenvalue weighted by molar-refractivity contribution is 6.29. The number of benzene rings is 1. The van der Waals surface area contributed by atoms with Crippen molar-refractivity contribution in [3.8, 4) is 5.75 Å². The number of nitrogens with zero attached hydrogens (tertiary/aromatic N) is 2. The average Bonchev–Trinajstić information content (AvgIpc) is 3.10. The molecule has 2 amide bonds. The summed E-state index contributed by atoms with van der Waals surface area (Å²) >= 11 is 5.77. The molecule has 1 aromatic carbocycles. The molecule has 0 spiro atoms. The van der Waals surface area contributed by atoms with Crippen molar-refractivity contribution in [3.05, 3.63) is 58.9 Å². The first-order valence-electron chi connectivity index (χ1n) is 9.29. The molecule has 8 heteroatoms. The van der Waals surface area contributed by atoms with Gasteiger partial charge in [0.1, 0.15) is 17.1 Å². The van der Waals surface area contributed by atoms with Gasteiger partial charge in [-0.2, -0.15) is 0 Å². The van der Waals surface area contributed by atoms with Crippen LogP contribution in [0.5, 0.6) is 5.75 Å². The summed E-state index contributed by atoms with van der Waals surface area (Å²) in [6.07, 6.45) is 1.93. The van der Waals surface area contributed by atoms with E-state index < -0.39 is 5.97 Å². The smallest absolute Gasteiger partial charge is 0.345 e. The van der Waals surface area contributed by atoms with E-state index in [1.54, 1.807) is 23.1 Å². The first-order chi connectivity index (χ1) is 13.8. The Morgan fingerprint density at radius 2 is 2.03 bits per heavy atom. The summed E-state index contributed by atoms with van der Waals surface area (Å²) in [6.45, 7) is 3.48. The Hall–Kier alpha value is -2.93. The predicted molar refractivity (Wildman–Crippen MR) is 105 cm³/mol. The first-order valence-corrected chi connectivity index (χ1v) is 9.67. The number of aromatic nitrogens is 1. The third kappa shape index (κ3) is 3.46. The summed E-state index contributed by atoms with van der Waals surface area (Å²) in [5, 5.41) is 3.20. The summed E-state index contributed by atoms with van der Waals surface area (Å²) in [6, 6.07) is 9.89. The van der Waals surface area contributed by atoms with Crippen molar-refractivity contribution >= 4 is 29.4 Å². The highest BCUT2D eigenvalue weighted by atomic mass is 35.5. The lowest BCUT2D eigenvalue weighted by Crippen LogP contribution is -2.46. The van der Waals surface area contributed by atoms with Gasteiger partial charge < -0.3 is 15.0 Å². The average molecular weight is 414 g/mol. The van der Waals surface area contributed by atoms with E-state index in [0.29, 0.717) is 18.6 Å². The number of hydrogen-bond acceptors (Lipinski definition) is 5. The second-order valence-corrected chi connectivity index (χ2v) is 8.13. The van der Waals surface area contributed by atoms with Gasteiger partial charge in [-0.05, 0) is 24.6 Å². The van der Waals surface area contributed by atoms with Gasteiger partial charge in [-0.3, -0.25) is 9.59 Å². The van der Waals surface area contributed by atoms with Crippen molar-refractivity contribution in [1.29, 1.82) is 0 Å². The molecule has 2 fully saturated rings. The number of pyridine rings is 1. The maximum absolute atomic E-state index is 12.6. The van der Waals surface area contributed by atoms with Gasteiger partial charge in [0.15, 0.2) is 0 Å². The number of esters is 1. The zero-order chi connectivity index (χ0) is 20.8. The molecule has 2 aromatic rings. The van der Waals surface area contributed by atoms with E-state index >= 15 is 0 Å². The minimum atomic E-state index is -0.561. The lowest BCUT2D eigenvalue weighted by atomic mass is 9.83. The van der Waals surface area contributed by atoms with Crippen molar-refractivity contribution in [3.63, 3.8) is 0 Å². The van der Waals surface area contributed by atoms with Crippen LogP contribution in [-0.4, -0.2) is 33.8 Å². The van der Waals surface area contributed by atoms with E-state index in [1.165, 1.54) is 19.2 Å². The van der Waals surface area contributed by atoms with Crippen molar-refractivity contribution in [2.45, 2.75) is 38.9 Å². The maximum atomic E-state index is 12.6.